The maximum atomic E-state index is 10.6. The van der Waals surface area contributed by atoms with Crippen molar-refractivity contribution in [2.24, 2.45) is 5.92 Å². The highest BCUT2D eigenvalue weighted by Crippen LogP contribution is 2.33. The molecule has 0 aliphatic carbocycles. The fourth-order valence-electron chi connectivity index (χ4n) is 3.85. The number of thioether (sulfide) groups is 1. The minimum absolute atomic E-state index is 0.365. The Labute approximate surface area is 190 Å². The second-order valence-corrected chi connectivity index (χ2v) is 9.83. The number of anilines is 1. The van der Waals surface area contributed by atoms with Crippen molar-refractivity contribution in [3.05, 3.63) is 35.9 Å². The molecule has 7 heteroatoms. The number of hydrogen-bond acceptors (Lipinski definition) is 7. The first-order valence-corrected chi connectivity index (χ1v) is 12.6. The molecule has 0 spiro atoms. The monoisotopic (exact) mass is 447 g/mol. The van der Waals surface area contributed by atoms with Gasteiger partial charge in [0, 0.05) is 49.9 Å². The Bertz CT molecular complexity index is 763. The maximum absolute atomic E-state index is 10.6. The van der Waals surface area contributed by atoms with Gasteiger partial charge < -0.3 is 19.3 Å². The molecule has 172 valence electrons. The summed E-state index contributed by atoms with van der Waals surface area (Å²) in [6.45, 7) is 11.6. The van der Waals surface area contributed by atoms with Gasteiger partial charge in [-0.1, -0.05) is 56.3 Å². The molecule has 2 heterocycles. The van der Waals surface area contributed by atoms with Gasteiger partial charge in [0.05, 0.1) is 18.3 Å². The van der Waals surface area contributed by atoms with E-state index in [1.54, 1.807) is 0 Å². The summed E-state index contributed by atoms with van der Waals surface area (Å²) in [4.78, 5) is 4.61. The number of ether oxygens (including phenoxy) is 1. The number of nitrogens with zero attached hydrogens (tertiary/aromatic N) is 3. The molecule has 1 aliphatic rings. The van der Waals surface area contributed by atoms with Crippen molar-refractivity contribution in [2.45, 2.75) is 39.8 Å². The van der Waals surface area contributed by atoms with Gasteiger partial charge in [0.15, 0.2) is 0 Å². The summed E-state index contributed by atoms with van der Waals surface area (Å²) in [6.07, 6.45) is 0.501. The van der Waals surface area contributed by atoms with Crippen molar-refractivity contribution in [2.75, 3.05) is 55.8 Å². The van der Waals surface area contributed by atoms with Crippen LogP contribution in [0.15, 0.2) is 34.9 Å². The topological polar surface area (TPSA) is 62.0 Å². The highest BCUT2D eigenvalue weighted by atomic mass is 32.2. The number of benzene rings is 1. The van der Waals surface area contributed by atoms with Crippen LogP contribution in [0.3, 0.4) is 0 Å². The zero-order valence-electron chi connectivity index (χ0n) is 19.1. The highest BCUT2D eigenvalue weighted by Gasteiger charge is 2.26. The van der Waals surface area contributed by atoms with E-state index in [0.717, 1.165) is 60.3 Å². The van der Waals surface area contributed by atoms with Crippen LogP contribution >= 0.6 is 11.8 Å². The molecule has 1 aromatic heterocycles. The fraction of sp³-hybridized carbons (Fsp3) is 0.625. The van der Waals surface area contributed by atoms with E-state index < -0.39 is 6.10 Å². The molecule has 1 N–H and O–H groups in total. The highest BCUT2D eigenvalue weighted by molar-refractivity contribution is 7.99. The number of rotatable bonds is 12. The fourth-order valence-corrected chi connectivity index (χ4v) is 4.75. The Morgan fingerprint density at radius 2 is 1.94 bits per heavy atom. The van der Waals surface area contributed by atoms with Crippen molar-refractivity contribution in [1.29, 1.82) is 0 Å². The summed E-state index contributed by atoms with van der Waals surface area (Å²) in [5.74, 6) is 3.55. The average molecular weight is 448 g/mol. The normalized spacial score (nSPS) is 15.7. The average Bonchev–Trinajstić information content (AvgIpc) is 3.18. The molecule has 0 bridgehead atoms. The van der Waals surface area contributed by atoms with Gasteiger partial charge in [-0.15, -0.1) is 0 Å². The van der Waals surface area contributed by atoms with Gasteiger partial charge in [-0.2, -0.15) is 11.8 Å². The van der Waals surface area contributed by atoms with E-state index in [4.69, 9.17) is 9.26 Å². The van der Waals surface area contributed by atoms with Crippen LogP contribution < -0.4 is 4.90 Å². The van der Waals surface area contributed by atoms with Gasteiger partial charge in [-0.05, 0) is 18.9 Å². The van der Waals surface area contributed by atoms with Crippen LogP contribution in [-0.4, -0.2) is 72.2 Å². The molecule has 1 saturated heterocycles. The van der Waals surface area contributed by atoms with Gasteiger partial charge in [0.25, 0.3) is 0 Å². The Morgan fingerprint density at radius 1 is 1.19 bits per heavy atom. The lowest BCUT2D eigenvalue weighted by molar-refractivity contribution is 0.00693. The zero-order chi connectivity index (χ0) is 22.1. The van der Waals surface area contributed by atoms with Gasteiger partial charge >= 0.3 is 0 Å². The van der Waals surface area contributed by atoms with Crippen molar-refractivity contribution in [3.63, 3.8) is 0 Å². The van der Waals surface area contributed by atoms with Gasteiger partial charge in [0.1, 0.15) is 5.69 Å². The predicted octanol–water partition coefficient (Wildman–Crippen LogP) is 4.14. The predicted molar refractivity (Wildman–Crippen MR) is 129 cm³/mol. The van der Waals surface area contributed by atoms with Crippen molar-refractivity contribution in [3.8, 4) is 11.3 Å². The van der Waals surface area contributed by atoms with Gasteiger partial charge in [-0.25, -0.2) is 0 Å². The van der Waals surface area contributed by atoms with E-state index in [0.29, 0.717) is 32.2 Å². The molecule has 1 aromatic carbocycles. The van der Waals surface area contributed by atoms with Crippen LogP contribution in [0.1, 0.15) is 32.8 Å². The van der Waals surface area contributed by atoms with Crippen LogP contribution in [0.4, 0.5) is 5.88 Å². The SMILES string of the molecule is CCCN(Cc1c(-c2ccccc2)noc1N1CCSCC1)CC(O)COCC(C)C. The lowest BCUT2D eigenvalue weighted by Gasteiger charge is -2.29. The molecule has 1 fully saturated rings. The van der Waals surface area contributed by atoms with Crippen LogP contribution in [-0.2, 0) is 11.3 Å². The van der Waals surface area contributed by atoms with Gasteiger partial charge in [0.2, 0.25) is 5.88 Å². The Hall–Kier alpha value is -1.54. The third-order valence-corrected chi connectivity index (χ3v) is 6.21. The van der Waals surface area contributed by atoms with E-state index in [1.807, 2.05) is 30.0 Å². The van der Waals surface area contributed by atoms with Crippen molar-refractivity contribution < 1.29 is 14.4 Å². The molecule has 6 nitrogen and oxygen atoms in total. The van der Waals surface area contributed by atoms with E-state index in [-0.39, 0.29) is 0 Å². The number of aromatic nitrogens is 1. The molecular weight excluding hydrogens is 410 g/mol. The summed E-state index contributed by atoms with van der Waals surface area (Å²) in [7, 11) is 0. The quantitative estimate of drug-likeness (QED) is 0.525. The second kappa shape index (κ2) is 12.5. The maximum Gasteiger partial charge on any atom is 0.232 e. The lowest BCUT2D eigenvalue weighted by atomic mass is 10.1. The molecule has 0 radical (unpaired) electrons. The van der Waals surface area contributed by atoms with Crippen LogP contribution in [0, 0.1) is 5.92 Å². The van der Waals surface area contributed by atoms with E-state index in [1.165, 1.54) is 0 Å². The molecule has 3 rings (SSSR count). The Morgan fingerprint density at radius 3 is 2.61 bits per heavy atom. The molecule has 1 aliphatic heterocycles. The lowest BCUT2D eigenvalue weighted by Crippen LogP contribution is -2.37. The van der Waals surface area contributed by atoms with Crippen molar-refractivity contribution >= 4 is 17.6 Å². The zero-order valence-corrected chi connectivity index (χ0v) is 19.9. The Kier molecular flexibility index (Phi) is 9.71. The van der Waals surface area contributed by atoms with Crippen molar-refractivity contribution in [1.82, 2.24) is 10.1 Å². The number of aliphatic hydroxyl groups excluding tert-OH is 1. The minimum atomic E-state index is -0.514. The molecular formula is C24H37N3O3S. The minimum Gasteiger partial charge on any atom is -0.389 e. The number of hydrogen-bond donors (Lipinski definition) is 1. The summed E-state index contributed by atoms with van der Waals surface area (Å²) >= 11 is 1.98. The summed E-state index contributed by atoms with van der Waals surface area (Å²) in [5, 5.41) is 15.1. The van der Waals surface area contributed by atoms with E-state index in [2.05, 4.69) is 47.9 Å². The first-order valence-electron chi connectivity index (χ1n) is 11.4. The molecule has 2 aromatic rings. The third kappa shape index (κ3) is 7.24. The molecule has 1 unspecified atom stereocenters. The molecule has 0 saturated carbocycles. The summed E-state index contributed by atoms with van der Waals surface area (Å²) < 4.78 is 11.6. The van der Waals surface area contributed by atoms with Crippen LogP contribution in [0.25, 0.3) is 11.3 Å². The molecule has 31 heavy (non-hydrogen) atoms. The van der Waals surface area contributed by atoms with Crippen LogP contribution in [0.2, 0.25) is 0 Å². The first kappa shape index (κ1) is 24.1. The number of aliphatic hydroxyl groups is 1. The Balaban J connectivity index is 1.79. The smallest absolute Gasteiger partial charge is 0.232 e. The largest absolute Gasteiger partial charge is 0.389 e. The molecule has 0 amide bonds. The van der Waals surface area contributed by atoms with Gasteiger partial charge in [-0.3, -0.25) is 4.90 Å². The van der Waals surface area contributed by atoms with E-state index in [9.17, 15) is 5.11 Å². The second-order valence-electron chi connectivity index (χ2n) is 8.60. The standard InChI is InChI=1S/C24H37N3O3S/c1-4-10-26(15-21(28)18-29-17-19(2)3)16-22-23(20-8-6-5-7-9-20)25-30-24(22)27-11-13-31-14-12-27/h5-9,19,21,28H,4,10-18H2,1-3H3. The molecule has 1 atom stereocenters. The van der Waals surface area contributed by atoms with E-state index >= 15 is 0 Å². The third-order valence-electron chi connectivity index (χ3n) is 5.26. The van der Waals surface area contributed by atoms with Crippen LogP contribution in [0.5, 0.6) is 0 Å². The summed E-state index contributed by atoms with van der Waals surface area (Å²) in [6, 6.07) is 10.2. The first-order chi connectivity index (χ1) is 15.1. The summed E-state index contributed by atoms with van der Waals surface area (Å²) in [5.41, 5.74) is 3.08.